The molecule has 0 aliphatic rings. The molecule has 0 radical (unpaired) electrons. The van der Waals surface area contributed by atoms with Crippen molar-refractivity contribution in [1.82, 2.24) is 9.97 Å². The molecule has 0 aliphatic carbocycles. The molecule has 1 unspecified atom stereocenters. The minimum absolute atomic E-state index is 0.359. The minimum Gasteiger partial charge on any atom is -0.378 e. The fourth-order valence-electron chi connectivity index (χ4n) is 1.30. The normalized spacial score (nSPS) is 14.7. The number of aromatic nitrogens is 2. The molecule has 3 N–H and O–H groups in total. The standard InChI is InChI=1S/C10H10FN3OS/c1-10(15,8-5-14-9(12)16-8)7-3-2-6(11)4-13-7/h2-5,15H,1H3,(H2,12,14). The van der Waals surface area contributed by atoms with Gasteiger partial charge in [-0.3, -0.25) is 4.98 Å². The Labute approximate surface area is 95.6 Å². The van der Waals surface area contributed by atoms with Crippen molar-refractivity contribution in [3.05, 3.63) is 40.9 Å². The molecule has 0 aliphatic heterocycles. The van der Waals surface area contributed by atoms with Gasteiger partial charge in [-0.25, -0.2) is 9.37 Å². The average molecular weight is 239 g/mol. The number of nitrogens with two attached hydrogens (primary N) is 1. The van der Waals surface area contributed by atoms with Crippen molar-refractivity contribution in [2.75, 3.05) is 5.73 Å². The highest BCUT2D eigenvalue weighted by Crippen LogP contribution is 2.32. The molecule has 84 valence electrons. The summed E-state index contributed by atoms with van der Waals surface area (Å²) >= 11 is 1.18. The van der Waals surface area contributed by atoms with E-state index in [0.717, 1.165) is 6.20 Å². The molecule has 0 aromatic carbocycles. The van der Waals surface area contributed by atoms with E-state index < -0.39 is 11.4 Å². The maximum absolute atomic E-state index is 12.7. The van der Waals surface area contributed by atoms with E-state index in [-0.39, 0.29) is 0 Å². The van der Waals surface area contributed by atoms with Crippen LogP contribution in [0.4, 0.5) is 9.52 Å². The number of pyridine rings is 1. The molecule has 2 heterocycles. The van der Waals surface area contributed by atoms with E-state index >= 15 is 0 Å². The van der Waals surface area contributed by atoms with Crippen molar-refractivity contribution in [3.63, 3.8) is 0 Å². The van der Waals surface area contributed by atoms with Crippen molar-refractivity contribution < 1.29 is 9.50 Å². The van der Waals surface area contributed by atoms with Gasteiger partial charge in [0, 0.05) is 6.20 Å². The van der Waals surface area contributed by atoms with Crippen molar-refractivity contribution in [1.29, 1.82) is 0 Å². The predicted octanol–water partition coefficient (Wildman–Crippen LogP) is 1.52. The first-order valence-corrected chi connectivity index (χ1v) is 5.38. The molecule has 0 bridgehead atoms. The summed E-state index contributed by atoms with van der Waals surface area (Å²) in [5.74, 6) is -0.441. The lowest BCUT2D eigenvalue weighted by Gasteiger charge is -2.20. The van der Waals surface area contributed by atoms with Gasteiger partial charge in [0.25, 0.3) is 0 Å². The zero-order valence-corrected chi connectivity index (χ0v) is 9.33. The molecule has 2 rings (SSSR count). The smallest absolute Gasteiger partial charge is 0.180 e. The Bertz CT molecular complexity index is 495. The van der Waals surface area contributed by atoms with Crippen molar-refractivity contribution in [2.45, 2.75) is 12.5 Å². The first kappa shape index (κ1) is 11.0. The van der Waals surface area contributed by atoms with Crippen LogP contribution in [0.15, 0.2) is 24.5 Å². The molecule has 6 heteroatoms. The Morgan fingerprint density at radius 3 is 2.62 bits per heavy atom. The van der Waals surface area contributed by atoms with Crippen LogP contribution in [0, 0.1) is 5.82 Å². The van der Waals surface area contributed by atoms with E-state index in [1.54, 1.807) is 6.92 Å². The molecular formula is C10H10FN3OS. The highest BCUT2D eigenvalue weighted by Gasteiger charge is 2.29. The summed E-state index contributed by atoms with van der Waals surface area (Å²) in [6.45, 7) is 1.57. The van der Waals surface area contributed by atoms with Crippen LogP contribution in [0.2, 0.25) is 0 Å². The lowest BCUT2D eigenvalue weighted by atomic mass is 10.0. The number of halogens is 1. The maximum Gasteiger partial charge on any atom is 0.180 e. The van der Waals surface area contributed by atoms with Gasteiger partial charge in [0.1, 0.15) is 11.4 Å². The van der Waals surface area contributed by atoms with Crippen molar-refractivity contribution >= 4 is 16.5 Å². The van der Waals surface area contributed by atoms with E-state index in [0.29, 0.717) is 15.7 Å². The van der Waals surface area contributed by atoms with E-state index in [4.69, 9.17) is 5.73 Å². The van der Waals surface area contributed by atoms with E-state index in [9.17, 15) is 9.50 Å². The summed E-state index contributed by atoms with van der Waals surface area (Å²) in [6, 6.07) is 2.69. The van der Waals surface area contributed by atoms with Crippen LogP contribution in [0.1, 0.15) is 17.5 Å². The van der Waals surface area contributed by atoms with Gasteiger partial charge in [0.05, 0.1) is 16.8 Å². The second kappa shape index (κ2) is 3.80. The number of nitrogen functional groups attached to an aromatic ring is 1. The first-order valence-electron chi connectivity index (χ1n) is 4.56. The number of aliphatic hydroxyl groups is 1. The summed E-state index contributed by atoms with van der Waals surface area (Å²) in [5, 5.41) is 10.7. The van der Waals surface area contributed by atoms with Crippen LogP contribution in [-0.2, 0) is 5.60 Å². The van der Waals surface area contributed by atoms with Crippen LogP contribution >= 0.6 is 11.3 Å². The van der Waals surface area contributed by atoms with Gasteiger partial charge in [-0.2, -0.15) is 0 Å². The van der Waals surface area contributed by atoms with Gasteiger partial charge in [-0.05, 0) is 19.1 Å². The third-order valence-corrected chi connectivity index (χ3v) is 3.27. The van der Waals surface area contributed by atoms with E-state index in [1.165, 1.54) is 29.7 Å². The Morgan fingerprint density at radius 1 is 1.38 bits per heavy atom. The van der Waals surface area contributed by atoms with Crippen LogP contribution in [-0.4, -0.2) is 15.1 Å². The Hall–Kier alpha value is -1.53. The second-order valence-electron chi connectivity index (χ2n) is 3.50. The third kappa shape index (κ3) is 1.89. The number of thiazole rings is 1. The molecule has 1 atom stereocenters. The summed E-state index contributed by atoms with van der Waals surface area (Å²) < 4.78 is 12.7. The minimum atomic E-state index is -1.30. The maximum atomic E-state index is 12.7. The fourth-order valence-corrected chi connectivity index (χ4v) is 2.04. The van der Waals surface area contributed by atoms with E-state index in [1.807, 2.05) is 0 Å². The average Bonchev–Trinajstić information content (AvgIpc) is 2.66. The summed E-state index contributed by atoms with van der Waals surface area (Å²) in [5.41, 5.74) is 4.55. The van der Waals surface area contributed by atoms with Crippen LogP contribution < -0.4 is 5.73 Å². The lowest BCUT2D eigenvalue weighted by molar-refractivity contribution is 0.101. The van der Waals surface area contributed by atoms with Gasteiger partial charge in [0.15, 0.2) is 5.13 Å². The molecule has 0 amide bonds. The highest BCUT2D eigenvalue weighted by atomic mass is 32.1. The van der Waals surface area contributed by atoms with Gasteiger partial charge in [-0.1, -0.05) is 11.3 Å². The monoisotopic (exact) mass is 239 g/mol. The van der Waals surface area contributed by atoms with Crippen LogP contribution in [0.5, 0.6) is 0 Å². The molecule has 0 saturated carbocycles. The number of hydrogen-bond donors (Lipinski definition) is 2. The van der Waals surface area contributed by atoms with Crippen LogP contribution in [0.25, 0.3) is 0 Å². The highest BCUT2D eigenvalue weighted by molar-refractivity contribution is 7.15. The SMILES string of the molecule is CC(O)(c1ccc(F)cn1)c1cnc(N)s1. The Morgan fingerprint density at radius 2 is 2.12 bits per heavy atom. The predicted molar refractivity (Wildman–Crippen MR) is 59.4 cm³/mol. The van der Waals surface area contributed by atoms with Crippen molar-refractivity contribution in [3.8, 4) is 0 Å². The molecule has 0 fully saturated rings. The van der Waals surface area contributed by atoms with E-state index in [2.05, 4.69) is 9.97 Å². The molecular weight excluding hydrogens is 229 g/mol. The molecule has 2 aromatic rings. The third-order valence-electron chi connectivity index (χ3n) is 2.23. The Kier molecular flexibility index (Phi) is 2.61. The Balaban J connectivity index is 2.42. The summed E-state index contributed by atoms with van der Waals surface area (Å²) in [6.07, 6.45) is 2.55. The van der Waals surface area contributed by atoms with Crippen molar-refractivity contribution in [2.24, 2.45) is 0 Å². The molecule has 0 spiro atoms. The summed E-state index contributed by atoms with van der Waals surface area (Å²) in [4.78, 5) is 8.28. The number of rotatable bonds is 2. The van der Waals surface area contributed by atoms with Crippen LogP contribution in [0.3, 0.4) is 0 Å². The molecule has 0 saturated heterocycles. The summed E-state index contributed by atoms with van der Waals surface area (Å²) in [7, 11) is 0. The number of hydrogen-bond acceptors (Lipinski definition) is 5. The molecule has 16 heavy (non-hydrogen) atoms. The molecule has 2 aromatic heterocycles. The van der Waals surface area contributed by atoms with Gasteiger partial charge in [-0.15, -0.1) is 0 Å². The zero-order chi connectivity index (χ0) is 11.8. The number of nitrogens with zero attached hydrogens (tertiary/aromatic N) is 2. The van der Waals surface area contributed by atoms with Gasteiger partial charge in [0.2, 0.25) is 0 Å². The number of anilines is 1. The quantitative estimate of drug-likeness (QED) is 0.833. The molecule has 4 nitrogen and oxygen atoms in total. The first-order chi connectivity index (χ1) is 7.50. The van der Waals surface area contributed by atoms with Gasteiger partial charge < -0.3 is 10.8 Å². The van der Waals surface area contributed by atoms with Gasteiger partial charge >= 0.3 is 0 Å². The topological polar surface area (TPSA) is 72.0 Å². The lowest BCUT2D eigenvalue weighted by Crippen LogP contribution is -2.22. The fraction of sp³-hybridized carbons (Fsp3) is 0.200. The zero-order valence-electron chi connectivity index (χ0n) is 8.51. The largest absolute Gasteiger partial charge is 0.378 e. The second-order valence-corrected chi connectivity index (χ2v) is 4.56.